The highest BCUT2D eigenvalue weighted by Gasteiger charge is 2.60. The van der Waals surface area contributed by atoms with Crippen LogP contribution in [0.15, 0.2) is 22.5 Å². The van der Waals surface area contributed by atoms with Crippen molar-refractivity contribution in [2.45, 2.75) is 53.9 Å². The Kier molecular flexibility index (Phi) is 3.72. The standard InChI is InChI=1S/C20H24O5/c1-9(2)13-16(23)14-10(21)8-11-19(3,4)12(22)6-7-20(11,5)15(14)18(25)17(13)24/h9,11,23H,6-8H2,1-5H3/t11-,20-/m0/s1. The van der Waals surface area contributed by atoms with Gasteiger partial charge in [0.1, 0.15) is 11.5 Å². The van der Waals surface area contributed by atoms with Crippen molar-refractivity contribution < 1.29 is 24.3 Å². The Bertz CT molecular complexity index is 793. The van der Waals surface area contributed by atoms with Gasteiger partial charge in [-0.3, -0.25) is 19.2 Å². The number of Topliss-reactive ketones (excluding diaryl/α,β-unsaturated/α-hetero) is 4. The van der Waals surface area contributed by atoms with E-state index in [1.54, 1.807) is 27.7 Å². The molecule has 0 aromatic heterocycles. The number of aliphatic hydroxyl groups excluding tert-OH is 1. The molecule has 1 fully saturated rings. The summed E-state index contributed by atoms with van der Waals surface area (Å²) in [6.07, 6.45) is 0.814. The molecule has 0 amide bonds. The van der Waals surface area contributed by atoms with Gasteiger partial charge >= 0.3 is 0 Å². The van der Waals surface area contributed by atoms with E-state index in [-0.39, 0.29) is 52.3 Å². The number of ketones is 4. The number of aliphatic hydroxyl groups is 1. The molecular weight excluding hydrogens is 320 g/mol. The molecule has 0 aromatic rings. The van der Waals surface area contributed by atoms with Gasteiger partial charge in [-0.25, -0.2) is 0 Å². The van der Waals surface area contributed by atoms with Crippen molar-refractivity contribution >= 4 is 23.1 Å². The fourth-order valence-corrected chi connectivity index (χ4v) is 4.99. The zero-order valence-corrected chi connectivity index (χ0v) is 15.4. The van der Waals surface area contributed by atoms with Crippen LogP contribution in [0.3, 0.4) is 0 Å². The van der Waals surface area contributed by atoms with Gasteiger partial charge in [0, 0.05) is 34.8 Å². The molecule has 5 heteroatoms. The first-order valence-electron chi connectivity index (χ1n) is 8.78. The van der Waals surface area contributed by atoms with Gasteiger partial charge in [-0.15, -0.1) is 0 Å². The lowest BCUT2D eigenvalue weighted by molar-refractivity contribution is -0.144. The van der Waals surface area contributed by atoms with Crippen LogP contribution in [0, 0.1) is 22.7 Å². The van der Waals surface area contributed by atoms with Gasteiger partial charge in [0.15, 0.2) is 5.78 Å². The number of fused-ring (bicyclic) bond motifs is 2. The summed E-state index contributed by atoms with van der Waals surface area (Å²) in [6, 6.07) is 0. The average Bonchev–Trinajstić information content (AvgIpc) is 2.50. The Morgan fingerprint density at radius 3 is 2.20 bits per heavy atom. The Balaban J connectivity index is 2.30. The van der Waals surface area contributed by atoms with Crippen molar-refractivity contribution in [1.82, 2.24) is 0 Å². The van der Waals surface area contributed by atoms with Crippen molar-refractivity contribution in [1.29, 1.82) is 0 Å². The Labute approximate surface area is 147 Å². The molecule has 1 saturated carbocycles. The zero-order chi connectivity index (χ0) is 18.9. The molecular formula is C20H24O5. The normalized spacial score (nSPS) is 32.3. The SMILES string of the molecule is CC(C)C1=C(O)C2=C(C(=O)C1=O)[C@@]1(C)CCC(=O)C(C)(C)[C@@H]1CC2=O. The van der Waals surface area contributed by atoms with Gasteiger partial charge in [-0.05, 0) is 18.3 Å². The monoisotopic (exact) mass is 344 g/mol. The summed E-state index contributed by atoms with van der Waals surface area (Å²) in [7, 11) is 0. The highest BCUT2D eigenvalue weighted by atomic mass is 16.3. The fourth-order valence-electron chi connectivity index (χ4n) is 4.99. The lowest BCUT2D eigenvalue weighted by Crippen LogP contribution is -2.54. The van der Waals surface area contributed by atoms with E-state index in [4.69, 9.17) is 0 Å². The molecule has 3 aliphatic carbocycles. The lowest BCUT2D eigenvalue weighted by atomic mass is 9.48. The van der Waals surface area contributed by atoms with E-state index in [0.29, 0.717) is 12.8 Å². The first-order chi connectivity index (χ1) is 11.4. The van der Waals surface area contributed by atoms with E-state index in [9.17, 15) is 24.3 Å². The molecule has 0 aliphatic heterocycles. The molecule has 0 saturated heterocycles. The van der Waals surface area contributed by atoms with Gasteiger partial charge in [0.25, 0.3) is 0 Å². The fraction of sp³-hybridized carbons (Fsp3) is 0.600. The second kappa shape index (κ2) is 5.23. The zero-order valence-electron chi connectivity index (χ0n) is 15.4. The predicted molar refractivity (Wildman–Crippen MR) is 90.8 cm³/mol. The van der Waals surface area contributed by atoms with Crippen molar-refractivity contribution in [2.24, 2.45) is 22.7 Å². The number of rotatable bonds is 1. The largest absolute Gasteiger partial charge is 0.507 e. The third-order valence-corrected chi connectivity index (χ3v) is 6.47. The van der Waals surface area contributed by atoms with E-state index in [1.807, 2.05) is 6.92 Å². The Morgan fingerprint density at radius 2 is 1.64 bits per heavy atom. The highest BCUT2D eigenvalue weighted by Crippen LogP contribution is 2.59. The summed E-state index contributed by atoms with van der Waals surface area (Å²) < 4.78 is 0. The maximum atomic E-state index is 12.9. The van der Waals surface area contributed by atoms with Crippen LogP contribution in [-0.4, -0.2) is 28.2 Å². The van der Waals surface area contributed by atoms with Gasteiger partial charge in [0.05, 0.1) is 5.57 Å². The van der Waals surface area contributed by atoms with E-state index in [1.165, 1.54) is 0 Å². The van der Waals surface area contributed by atoms with Gasteiger partial charge in [-0.2, -0.15) is 0 Å². The molecule has 0 bridgehead atoms. The molecule has 134 valence electrons. The van der Waals surface area contributed by atoms with Crippen molar-refractivity contribution in [3.8, 4) is 0 Å². The molecule has 2 atom stereocenters. The van der Waals surface area contributed by atoms with Crippen molar-refractivity contribution in [2.75, 3.05) is 0 Å². The second-order valence-electron chi connectivity index (χ2n) is 8.57. The van der Waals surface area contributed by atoms with Gasteiger partial charge < -0.3 is 5.11 Å². The van der Waals surface area contributed by atoms with E-state index >= 15 is 0 Å². The van der Waals surface area contributed by atoms with Crippen LogP contribution in [-0.2, 0) is 19.2 Å². The first kappa shape index (κ1) is 17.8. The molecule has 1 N–H and O–H groups in total. The minimum atomic E-state index is -0.760. The topological polar surface area (TPSA) is 88.5 Å². The van der Waals surface area contributed by atoms with Gasteiger partial charge in [0.2, 0.25) is 11.6 Å². The van der Waals surface area contributed by atoms with Crippen LogP contribution in [0.5, 0.6) is 0 Å². The van der Waals surface area contributed by atoms with Crippen molar-refractivity contribution in [3.05, 3.63) is 22.5 Å². The molecule has 0 radical (unpaired) electrons. The van der Waals surface area contributed by atoms with E-state index < -0.39 is 22.4 Å². The lowest BCUT2D eigenvalue weighted by Gasteiger charge is -2.53. The Morgan fingerprint density at radius 1 is 1.04 bits per heavy atom. The minimum Gasteiger partial charge on any atom is -0.507 e. The van der Waals surface area contributed by atoms with Crippen LogP contribution in [0.25, 0.3) is 0 Å². The third-order valence-electron chi connectivity index (χ3n) is 6.47. The summed E-state index contributed by atoms with van der Waals surface area (Å²) in [6.45, 7) is 8.89. The molecule has 5 nitrogen and oxygen atoms in total. The minimum absolute atomic E-state index is 0.0113. The number of allylic oxidation sites excluding steroid dienone is 3. The Hall–Kier alpha value is -2.04. The van der Waals surface area contributed by atoms with Crippen LogP contribution < -0.4 is 0 Å². The molecule has 3 aliphatic rings. The van der Waals surface area contributed by atoms with Crippen LogP contribution in [0.1, 0.15) is 53.9 Å². The number of hydrogen-bond donors (Lipinski definition) is 1. The number of hydrogen-bond acceptors (Lipinski definition) is 5. The summed E-state index contributed by atoms with van der Waals surface area (Å²) in [5, 5.41) is 10.6. The van der Waals surface area contributed by atoms with E-state index in [2.05, 4.69) is 0 Å². The summed E-state index contributed by atoms with van der Waals surface area (Å²) >= 11 is 0. The summed E-state index contributed by atoms with van der Waals surface area (Å²) in [5.74, 6) is -2.74. The third kappa shape index (κ3) is 2.14. The van der Waals surface area contributed by atoms with Gasteiger partial charge in [-0.1, -0.05) is 34.6 Å². The highest BCUT2D eigenvalue weighted by molar-refractivity contribution is 6.51. The smallest absolute Gasteiger partial charge is 0.233 e. The number of carbonyl (C=O) groups excluding carboxylic acids is 4. The van der Waals surface area contributed by atoms with Crippen molar-refractivity contribution in [3.63, 3.8) is 0 Å². The molecule has 3 rings (SSSR count). The van der Waals surface area contributed by atoms with Crippen LogP contribution in [0.4, 0.5) is 0 Å². The molecule has 0 spiro atoms. The molecule has 0 aromatic carbocycles. The maximum absolute atomic E-state index is 12.9. The average molecular weight is 344 g/mol. The second-order valence-corrected chi connectivity index (χ2v) is 8.57. The first-order valence-corrected chi connectivity index (χ1v) is 8.78. The summed E-state index contributed by atoms with van der Waals surface area (Å²) in [4.78, 5) is 50.7. The van der Waals surface area contributed by atoms with Crippen LogP contribution >= 0.6 is 0 Å². The number of carbonyl (C=O) groups is 4. The summed E-state index contributed by atoms with van der Waals surface area (Å²) in [5.41, 5.74) is -1.35. The quantitative estimate of drug-likeness (QED) is 0.584. The van der Waals surface area contributed by atoms with Crippen LogP contribution in [0.2, 0.25) is 0 Å². The molecule has 0 unspecified atom stereocenters. The molecule has 0 heterocycles. The maximum Gasteiger partial charge on any atom is 0.233 e. The molecule has 25 heavy (non-hydrogen) atoms. The van der Waals surface area contributed by atoms with E-state index in [0.717, 1.165) is 0 Å². The predicted octanol–water partition coefficient (Wildman–Crippen LogP) is 2.89.